The van der Waals surface area contributed by atoms with E-state index in [1.165, 1.54) is 5.56 Å². The van der Waals surface area contributed by atoms with Gasteiger partial charge < -0.3 is 9.64 Å². The van der Waals surface area contributed by atoms with Gasteiger partial charge in [0.15, 0.2) is 0 Å². The largest absolute Gasteiger partial charge is 0.461 e. The summed E-state index contributed by atoms with van der Waals surface area (Å²) in [7, 11) is 3.90. The maximum atomic E-state index is 11.7. The minimum Gasteiger partial charge on any atom is -0.461 e. The van der Waals surface area contributed by atoms with Crippen LogP contribution in [0.15, 0.2) is 24.3 Å². The van der Waals surface area contributed by atoms with Gasteiger partial charge in [0.1, 0.15) is 6.61 Å². The maximum absolute atomic E-state index is 11.7. The van der Waals surface area contributed by atoms with Gasteiger partial charge in [0.05, 0.1) is 5.56 Å². The van der Waals surface area contributed by atoms with Crippen LogP contribution in [0.2, 0.25) is 0 Å². The molecule has 0 N–H and O–H groups in total. The number of likely N-dealkylation sites (N-methyl/N-ethyl adjacent to an activating group) is 1. The Morgan fingerprint density at radius 1 is 1.24 bits per heavy atom. The Bertz CT molecular complexity index is 344. The van der Waals surface area contributed by atoms with E-state index in [0.29, 0.717) is 12.2 Å². The third kappa shape index (κ3) is 5.00. The Hall–Kier alpha value is -1.35. The van der Waals surface area contributed by atoms with Gasteiger partial charge in [-0.15, -0.1) is 0 Å². The molecule has 0 unspecified atom stereocenters. The molecule has 0 aliphatic rings. The zero-order valence-corrected chi connectivity index (χ0v) is 10.9. The first-order chi connectivity index (χ1) is 8.13. The van der Waals surface area contributed by atoms with Crippen LogP contribution in [0.4, 0.5) is 0 Å². The molecule has 0 heterocycles. The third-order valence-corrected chi connectivity index (χ3v) is 2.50. The number of hydrogen-bond acceptors (Lipinski definition) is 3. The van der Waals surface area contributed by atoms with E-state index in [4.69, 9.17) is 4.74 Å². The molecule has 0 atom stereocenters. The molecule has 1 rings (SSSR count). The van der Waals surface area contributed by atoms with Crippen LogP contribution in [0.5, 0.6) is 0 Å². The predicted molar refractivity (Wildman–Crippen MR) is 69.3 cm³/mol. The van der Waals surface area contributed by atoms with Crippen molar-refractivity contribution in [1.82, 2.24) is 4.90 Å². The van der Waals surface area contributed by atoms with Gasteiger partial charge >= 0.3 is 5.97 Å². The Labute approximate surface area is 103 Å². The average molecular weight is 235 g/mol. The van der Waals surface area contributed by atoms with E-state index in [1.807, 2.05) is 43.3 Å². The number of nitrogens with zero attached hydrogens (tertiary/aromatic N) is 1. The molecule has 17 heavy (non-hydrogen) atoms. The second kappa shape index (κ2) is 7.07. The monoisotopic (exact) mass is 235 g/mol. The Kier molecular flexibility index (Phi) is 5.70. The summed E-state index contributed by atoms with van der Waals surface area (Å²) < 4.78 is 5.16. The number of rotatable bonds is 6. The predicted octanol–water partition coefficient (Wildman–Crippen LogP) is 2.36. The molecule has 0 bridgehead atoms. The van der Waals surface area contributed by atoms with E-state index < -0.39 is 0 Å². The highest BCUT2D eigenvalue weighted by Crippen LogP contribution is 2.07. The number of hydrogen-bond donors (Lipinski definition) is 0. The summed E-state index contributed by atoms with van der Waals surface area (Å²) in [5, 5.41) is 0. The van der Waals surface area contributed by atoms with Gasteiger partial charge in [-0.1, -0.05) is 25.5 Å². The van der Waals surface area contributed by atoms with Crippen molar-refractivity contribution in [2.24, 2.45) is 0 Å². The fourth-order valence-corrected chi connectivity index (χ4v) is 1.50. The van der Waals surface area contributed by atoms with Crippen LogP contribution in [-0.4, -0.2) is 38.1 Å². The molecular weight excluding hydrogens is 214 g/mol. The molecule has 0 aromatic heterocycles. The second-order valence-electron chi connectivity index (χ2n) is 4.39. The van der Waals surface area contributed by atoms with Gasteiger partial charge in [-0.25, -0.2) is 4.79 Å². The molecule has 0 radical (unpaired) electrons. The lowest BCUT2D eigenvalue weighted by Crippen LogP contribution is -2.20. The van der Waals surface area contributed by atoms with Crippen molar-refractivity contribution in [2.75, 3.05) is 27.2 Å². The van der Waals surface area contributed by atoms with Crippen molar-refractivity contribution in [2.45, 2.75) is 19.8 Å². The minimum absolute atomic E-state index is 0.241. The second-order valence-corrected chi connectivity index (χ2v) is 4.39. The molecule has 3 heteroatoms. The van der Waals surface area contributed by atoms with Crippen LogP contribution in [0.3, 0.4) is 0 Å². The fourth-order valence-electron chi connectivity index (χ4n) is 1.50. The van der Waals surface area contributed by atoms with E-state index in [2.05, 4.69) is 6.92 Å². The molecule has 1 aromatic rings. The highest BCUT2D eigenvalue weighted by atomic mass is 16.5. The molecule has 0 amide bonds. The van der Waals surface area contributed by atoms with Gasteiger partial charge in [-0.05, 0) is 38.2 Å². The summed E-state index contributed by atoms with van der Waals surface area (Å²) in [6.07, 6.45) is 2.17. The van der Waals surface area contributed by atoms with Crippen molar-refractivity contribution in [3.63, 3.8) is 0 Å². The molecule has 0 saturated carbocycles. The first-order valence-electron chi connectivity index (χ1n) is 6.04. The van der Waals surface area contributed by atoms with Gasteiger partial charge in [-0.2, -0.15) is 0 Å². The summed E-state index contributed by atoms with van der Waals surface area (Å²) in [6, 6.07) is 7.66. The Balaban J connectivity index is 2.46. The highest BCUT2D eigenvalue weighted by molar-refractivity contribution is 5.89. The van der Waals surface area contributed by atoms with Gasteiger partial charge in [0.25, 0.3) is 0 Å². The Morgan fingerprint density at radius 3 is 2.41 bits per heavy atom. The Morgan fingerprint density at radius 2 is 1.88 bits per heavy atom. The average Bonchev–Trinajstić information content (AvgIpc) is 2.30. The summed E-state index contributed by atoms with van der Waals surface area (Å²) in [4.78, 5) is 13.6. The van der Waals surface area contributed by atoms with E-state index in [0.717, 1.165) is 19.4 Å². The van der Waals surface area contributed by atoms with Crippen molar-refractivity contribution >= 4 is 5.97 Å². The molecular formula is C14H21NO2. The van der Waals surface area contributed by atoms with E-state index in [1.54, 1.807) is 0 Å². The molecule has 3 nitrogen and oxygen atoms in total. The zero-order valence-electron chi connectivity index (χ0n) is 10.9. The zero-order chi connectivity index (χ0) is 12.7. The van der Waals surface area contributed by atoms with Crippen molar-refractivity contribution in [3.8, 4) is 0 Å². The number of benzene rings is 1. The van der Waals surface area contributed by atoms with E-state index >= 15 is 0 Å². The van der Waals surface area contributed by atoms with Crippen LogP contribution in [0.1, 0.15) is 29.3 Å². The number of esters is 1. The van der Waals surface area contributed by atoms with E-state index in [9.17, 15) is 4.79 Å². The molecule has 0 saturated heterocycles. The van der Waals surface area contributed by atoms with Gasteiger partial charge in [0.2, 0.25) is 0 Å². The first-order valence-corrected chi connectivity index (χ1v) is 6.04. The standard InChI is InChI=1S/C14H21NO2/c1-4-5-12-6-8-13(9-7-12)14(16)17-11-10-15(2)3/h6-9H,4-5,10-11H2,1-3H3. The molecule has 1 aromatic carbocycles. The number of carbonyl (C=O) groups is 1. The van der Waals surface area contributed by atoms with Crippen LogP contribution < -0.4 is 0 Å². The first kappa shape index (κ1) is 13.7. The maximum Gasteiger partial charge on any atom is 0.338 e. The molecule has 94 valence electrons. The van der Waals surface area contributed by atoms with E-state index in [-0.39, 0.29) is 5.97 Å². The van der Waals surface area contributed by atoms with Crippen LogP contribution in [0.25, 0.3) is 0 Å². The quantitative estimate of drug-likeness (QED) is 0.709. The van der Waals surface area contributed by atoms with Crippen molar-refractivity contribution in [3.05, 3.63) is 35.4 Å². The van der Waals surface area contributed by atoms with Gasteiger partial charge in [0, 0.05) is 6.54 Å². The van der Waals surface area contributed by atoms with Crippen LogP contribution in [-0.2, 0) is 11.2 Å². The molecule has 0 spiro atoms. The highest BCUT2D eigenvalue weighted by Gasteiger charge is 2.06. The lowest BCUT2D eigenvalue weighted by atomic mass is 10.1. The molecule has 0 fully saturated rings. The smallest absolute Gasteiger partial charge is 0.338 e. The molecule has 0 aliphatic carbocycles. The summed E-state index contributed by atoms with van der Waals surface area (Å²) in [5.74, 6) is -0.241. The van der Waals surface area contributed by atoms with Crippen molar-refractivity contribution in [1.29, 1.82) is 0 Å². The number of carbonyl (C=O) groups excluding carboxylic acids is 1. The molecule has 0 aliphatic heterocycles. The fraction of sp³-hybridized carbons (Fsp3) is 0.500. The van der Waals surface area contributed by atoms with Crippen LogP contribution in [0, 0.1) is 0 Å². The number of ether oxygens (including phenoxy) is 1. The normalized spacial score (nSPS) is 10.6. The topological polar surface area (TPSA) is 29.5 Å². The minimum atomic E-state index is -0.241. The summed E-state index contributed by atoms with van der Waals surface area (Å²) in [6.45, 7) is 3.33. The van der Waals surface area contributed by atoms with Crippen LogP contribution >= 0.6 is 0 Å². The lowest BCUT2D eigenvalue weighted by molar-refractivity contribution is 0.0482. The number of aryl methyl sites for hydroxylation is 1. The van der Waals surface area contributed by atoms with Gasteiger partial charge in [-0.3, -0.25) is 0 Å². The van der Waals surface area contributed by atoms with Crippen molar-refractivity contribution < 1.29 is 9.53 Å². The summed E-state index contributed by atoms with van der Waals surface area (Å²) >= 11 is 0. The SMILES string of the molecule is CCCc1ccc(C(=O)OCCN(C)C)cc1. The lowest BCUT2D eigenvalue weighted by Gasteiger charge is -2.10. The summed E-state index contributed by atoms with van der Waals surface area (Å²) in [5.41, 5.74) is 1.89. The third-order valence-electron chi connectivity index (χ3n) is 2.50.